The van der Waals surface area contributed by atoms with Crippen LogP contribution in [0.4, 0.5) is 42.0 Å². The van der Waals surface area contributed by atoms with Gasteiger partial charge in [0.2, 0.25) is 5.95 Å². The maximum atomic E-state index is 13.0. The number of benzene rings is 2. The second-order valence-corrected chi connectivity index (χ2v) is 8.19. The number of carbonyl (C=O) groups excluding carboxylic acids is 1. The van der Waals surface area contributed by atoms with E-state index in [1.807, 2.05) is 19.1 Å². The summed E-state index contributed by atoms with van der Waals surface area (Å²) in [5.74, 6) is 0.271. The van der Waals surface area contributed by atoms with Gasteiger partial charge in [0.15, 0.2) is 5.82 Å². The number of aromatic nitrogens is 4. The van der Waals surface area contributed by atoms with Crippen molar-refractivity contribution in [1.29, 1.82) is 0 Å². The average Bonchev–Trinajstić information content (AvgIpc) is 3.35. The molecule has 0 radical (unpaired) electrons. The molecule has 0 aliphatic carbocycles. The van der Waals surface area contributed by atoms with Gasteiger partial charge in [0, 0.05) is 29.3 Å². The van der Waals surface area contributed by atoms with Gasteiger partial charge in [-0.1, -0.05) is 12.1 Å². The molecule has 4 N–H and O–H groups in total. The summed E-state index contributed by atoms with van der Waals surface area (Å²) in [5, 5.41) is 8.89. The maximum absolute atomic E-state index is 13.0. The number of nitrogens with one attached hydrogen (secondary N) is 4. The number of hydrogen-bond donors (Lipinski definition) is 4. The number of amides is 1. The van der Waals surface area contributed by atoms with E-state index in [1.165, 1.54) is 12.1 Å². The lowest BCUT2D eigenvalue weighted by molar-refractivity contribution is -0.137. The van der Waals surface area contributed by atoms with Gasteiger partial charge in [-0.05, 0) is 61.0 Å². The van der Waals surface area contributed by atoms with Gasteiger partial charge in [0.25, 0.3) is 5.91 Å². The highest BCUT2D eigenvalue weighted by atomic mass is 19.4. The van der Waals surface area contributed by atoms with Crippen molar-refractivity contribution < 1.29 is 18.0 Å². The van der Waals surface area contributed by atoms with Gasteiger partial charge in [-0.2, -0.15) is 18.2 Å². The number of anilines is 5. The zero-order valence-electron chi connectivity index (χ0n) is 19.4. The topological polar surface area (TPSA) is 108 Å². The number of H-pyrrole nitrogens is 1. The highest BCUT2D eigenvalue weighted by molar-refractivity contribution is 6.05. The molecule has 0 atom stereocenters. The summed E-state index contributed by atoms with van der Waals surface area (Å²) in [6.45, 7) is 1.86. The van der Waals surface area contributed by atoms with E-state index in [-0.39, 0.29) is 11.3 Å². The number of halogens is 3. The number of alkyl halides is 3. The van der Waals surface area contributed by atoms with E-state index in [0.717, 1.165) is 17.7 Å². The summed E-state index contributed by atoms with van der Waals surface area (Å²) in [7, 11) is 0. The first-order valence-corrected chi connectivity index (χ1v) is 11.1. The highest BCUT2D eigenvalue weighted by Crippen LogP contribution is 2.31. The summed E-state index contributed by atoms with van der Waals surface area (Å²) < 4.78 is 39.1. The van der Waals surface area contributed by atoms with Crippen molar-refractivity contribution in [1.82, 2.24) is 19.9 Å². The van der Waals surface area contributed by atoms with E-state index < -0.39 is 17.6 Å². The Morgan fingerprint density at radius 2 is 1.78 bits per heavy atom. The Morgan fingerprint density at radius 1 is 0.946 bits per heavy atom. The van der Waals surface area contributed by atoms with Gasteiger partial charge >= 0.3 is 6.18 Å². The van der Waals surface area contributed by atoms with Crippen LogP contribution in [0.3, 0.4) is 0 Å². The quantitative estimate of drug-likeness (QED) is 0.213. The van der Waals surface area contributed by atoms with Crippen molar-refractivity contribution >= 4 is 45.8 Å². The van der Waals surface area contributed by atoms with Crippen LogP contribution >= 0.6 is 0 Å². The lowest BCUT2D eigenvalue weighted by Crippen LogP contribution is -2.13. The lowest BCUT2D eigenvalue weighted by atomic mass is 10.1. The van der Waals surface area contributed by atoms with Crippen LogP contribution in [0.15, 0.2) is 79.3 Å². The van der Waals surface area contributed by atoms with Crippen LogP contribution in [0.1, 0.15) is 21.5 Å². The van der Waals surface area contributed by atoms with Gasteiger partial charge in [0.1, 0.15) is 5.52 Å². The molecule has 5 aromatic rings. The molecule has 2 aromatic carbocycles. The minimum absolute atomic E-state index is 0.0462. The molecule has 37 heavy (non-hydrogen) atoms. The average molecular weight is 503 g/mol. The molecule has 5 rings (SSSR count). The Balaban J connectivity index is 1.41. The Labute approximate surface area is 209 Å². The van der Waals surface area contributed by atoms with Crippen molar-refractivity contribution in [3.05, 3.63) is 95.9 Å². The summed E-state index contributed by atoms with van der Waals surface area (Å²) in [4.78, 5) is 29.1. The molecule has 0 unspecified atom stereocenters. The molecule has 0 aliphatic rings. The van der Waals surface area contributed by atoms with Crippen LogP contribution < -0.4 is 16.0 Å². The zero-order valence-corrected chi connectivity index (χ0v) is 19.4. The number of fused-ring (bicyclic) bond motifs is 1. The number of carbonyl (C=O) groups is 1. The molecule has 0 fully saturated rings. The number of aromatic amines is 1. The van der Waals surface area contributed by atoms with Gasteiger partial charge in [-0.3, -0.25) is 9.78 Å². The SMILES string of the molecule is Cc1ccc(C(=O)Nc2cccc(C(F)(F)F)c2)cc1Nc1nc(Nc2cccnc2)nc2cc[nH]c12. The van der Waals surface area contributed by atoms with E-state index in [9.17, 15) is 18.0 Å². The second-order valence-electron chi connectivity index (χ2n) is 8.19. The van der Waals surface area contributed by atoms with Crippen LogP contribution in [0, 0.1) is 6.92 Å². The molecule has 0 aliphatic heterocycles. The zero-order chi connectivity index (χ0) is 26.0. The number of rotatable bonds is 6. The largest absolute Gasteiger partial charge is 0.416 e. The Bertz CT molecular complexity index is 1580. The van der Waals surface area contributed by atoms with Gasteiger partial charge < -0.3 is 20.9 Å². The number of aryl methyl sites for hydroxylation is 1. The fourth-order valence-corrected chi connectivity index (χ4v) is 3.66. The number of nitrogens with zero attached hydrogens (tertiary/aromatic N) is 3. The van der Waals surface area contributed by atoms with Crippen LogP contribution in [-0.2, 0) is 6.18 Å². The third-order valence-corrected chi connectivity index (χ3v) is 5.52. The Hall–Kier alpha value is -4.93. The molecular formula is C26H20F3N7O. The molecule has 8 nitrogen and oxygen atoms in total. The van der Waals surface area contributed by atoms with Crippen LogP contribution in [-0.4, -0.2) is 25.8 Å². The molecule has 0 saturated carbocycles. The molecule has 3 aromatic heterocycles. The third-order valence-electron chi connectivity index (χ3n) is 5.52. The lowest BCUT2D eigenvalue weighted by Gasteiger charge is -2.14. The normalized spacial score (nSPS) is 11.4. The van der Waals surface area contributed by atoms with Crippen LogP contribution in [0.2, 0.25) is 0 Å². The van der Waals surface area contributed by atoms with Crippen molar-refractivity contribution in [3.63, 3.8) is 0 Å². The van der Waals surface area contributed by atoms with Crippen molar-refractivity contribution in [2.75, 3.05) is 16.0 Å². The first kappa shape index (κ1) is 23.8. The Kier molecular flexibility index (Phi) is 6.18. The number of hydrogen-bond acceptors (Lipinski definition) is 6. The summed E-state index contributed by atoms with van der Waals surface area (Å²) >= 11 is 0. The predicted molar refractivity (Wildman–Crippen MR) is 135 cm³/mol. The molecular weight excluding hydrogens is 483 g/mol. The summed E-state index contributed by atoms with van der Waals surface area (Å²) in [6.07, 6.45) is 0.541. The maximum Gasteiger partial charge on any atom is 0.416 e. The van der Waals surface area contributed by atoms with Gasteiger partial charge in [-0.15, -0.1) is 0 Å². The highest BCUT2D eigenvalue weighted by Gasteiger charge is 2.30. The predicted octanol–water partition coefficient (Wildman–Crippen LogP) is 6.42. The molecule has 3 heterocycles. The van der Waals surface area contributed by atoms with E-state index in [1.54, 1.807) is 42.9 Å². The minimum atomic E-state index is -4.51. The van der Waals surface area contributed by atoms with E-state index in [4.69, 9.17) is 0 Å². The molecule has 186 valence electrons. The molecule has 1 amide bonds. The fourth-order valence-electron chi connectivity index (χ4n) is 3.66. The second kappa shape index (κ2) is 9.61. The monoisotopic (exact) mass is 503 g/mol. The first-order valence-electron chi connectivity index (χ1n) is 11.1. The van der Waals surface area contributed by atoms with Crippen LogP contribution in [0.25, 0.3) is 11.0 Å². The van der Waals surface area contributed by atoms with Crippen molar-refractivity contribution in [2.24, 2.45) is 0 Å². The molecule has 0 bridgehead atoms. The fraction of sp³-hybridized carbons (Fsp3) is 0.0769. The van der Waals surface area contributed by atoms with E-state index in [2.05, 4.69) is 35.9 Å². The van der Waals surface area contributed by atoms with Crippen molar-refractivity contribution in [2.45, 2.75) is 13.1 Å². The standard InChI is InChI=1S/C26H20F3N7O/c1-15-7-8-16(24(37)32-18-5-2-4-17(13-18)26(27,28)29)12-21(15)34-23-22-20(9-11-31-22)35-25(36-23)33-19-6-3-10-30-14-19/h2-14,31H,1H3,(H,32,37)(H2,33,34,35,36). The van der Waals surface area contributed by atoms with E-state index >= 15 is 0 Å². The molecule has 11 heteroatoms. The Morgan fingerprint density at radius 3 is 2.57 bits per heavy atom. The van der Waals surface area contributed by atoms with Gasteiger partial charge in [0.05, 0.1) is 23.0 Å². The molecule has 0 spiro atoms. The van der Waals surface area contributed by atoms with Gasteiger partial charge in [-0.25, -0.2) is 4.98 Å². The molecule has 0 saturated heterocycles. The van der Waals surface area contributed by atoms with Crippen LogP contribution in [0.5, 0.6) is 0 Å². The van der Waals surface area contributed by atoms with Crippen molar-refractivity contribution in [3.8, 4) is 0 Å². The number of pyridine rings is 1. The third kappa shape index (κ3) is 5.35. The summed E-state index contributed by atoms with van der Waals surface area (Å²) in [6, 6.07) is 14.9. The minimum Gasteiger partial charge on any atom is -0.357 e. The van der Waals surface area contributed by atoms with E-state index in [0.29, 0.717) is 34.2 Å². The summed E-state index contributed by atoms with van der Waals surface area (Å²) in [5.41, 5.74) is 2.93. The first-order chi connectivity index (χ1) is 17.8. The smallest absolute Gasteiger partial charge is 0.357 e.